The Balaban J connectivity index is 1.91. The largest absolute Gasteiger partial charge is 0.458 e. The molecule has 0 spiro atoms. The Labute approximate surface area is 231 Å². The van der Waals surface area contributed by atoms with Gasteiger partial charge in [0.15, 0.2) is 0 Å². The first-order valence-corrected chi connectivity index (χ1v) is 11.9. The normalized spacial score (nSPS) is 11.4. The lowest BCUT2D eigenvalue weighted by Crippen LogP contribution is -2.21. The molecule has 0 aliphatic rings. The third kappa shape index (κ3) is 9.61. The molecule has 0 radical (unpaired) electrons. The van der Waals surface area contributed by atoms with Crippen molar-refractivity contribution in [1.29, 1.82) is 10.5 Å². The number of carbonyl (C=O) groups is 4. The number of carbonyl (C=O) groups excluding carboxylic acids is 4. The van der Waals surface area contributed by atoms with Gasteiger partial charge in [-0.3, -0.25) is 19.4 Å². The lowest BCUT2D eigenvalue weighted by Gasteiger charge is -2.15. The predicted molar refractivity (Wildman–Crippen MR) is 147 cm³/mol. The van der Waals surface area contributed by atoms with Crippen molar-refractivity contribution in [3.05, 3.63) is 109 Å². The molecule has 10 nitrogen and oxygen atoms in total. The van der Waals surface area contributed by atoms with Crippen molar-refractivity contribution in [3.63, 3.8) is 0 Å². The third-order valence-electron chi connectivity index (χ3n) is 4.97. The minimum atomic E-state index is -0.957. The van der Waals surface area contributed by atoms with E-state index in [2.05, 4.69) is 0 Å². The van der Waals surface area contributed by atoms with Gasteiger partial charge < -0.3 is 9.47 Å². The second kappa shape index (κ2) is 16.2. The van der Waals surface area contributed by atoms with Gasteiger partial charge in [-0.25, -0.2) is 9.59 Å². The van der Waals surface area contributed by atoms with Crippen LogP contribution in [0.3, 0.4) is 0 Å². The van der Waals surface area contributed by atoms with E-state index in [-0.39, 0.29) is 36.2 Å². The zero-order valence-electron chi connectivity index (χ0n) is 21.9. The van der Waals surface area contributed by atoms with Gasteiger partial charge in [0.2, 0.25) is 11.8 Å². The van der Waals surface area contributed by atoms with E-state index in [1.807, 2.05) is 0 Å². The Morgan fingerprint density at radius 1 is 0.675 bits per heavy atom. The molecule has 2 rings (SSSR count). The summed E-state index contributed by atoms with van der Waals surface area (Å²) in [6.45, 7) is 2.02. The van der Waals surface area contributed by atoms with Crippen molar-refractivity contribution < 1.29 is 28.7 Å². The van der Waals surface area contributed by atoms with E-state index in [0.717, 1.165) is 0 Å². The highest BCUT2D eigenvalue weighted by Gasteiger charge is 2.13. The fraction of sp³-hybridized carbons (Fsp3) is 0.133. The summed E-state index contributed by atoms with van der Waals surface area (Å²) >= 11 is 0. The number of ether oxygens (including phenoxy) is 2. The highest BCUT2D eigenvalue weighted by atomic mass is 16.6. The molecule has 10 heteroatoms. The summed E-state index contributed by atoms with van der Waals surface area (Å²) in [5, 5.41) is 18.5. The number of nitrogens with zero attached hydrogens (tertiary/aromatic N) is 4. The zero-order valence-corrected chi connectivity index (χ0v) is 21.9. The van der Waals surface area contributed by atoms with Crippen LogP contribution in [0.5, 0.6) is 0 Å². The van der Waals surface area contributed by atoms with E-state index < -0.39 is 11.9 Å². The quantitative estimate of drug-likeness (QED) is 0.137. The van der Waals surface area contributed by atoms with Gasteiger partial charge in [0.1, 0.15) is 36.5 Å². The first-order chi connectivity index (χ1) is 19.3. The number of anilines is 2. The summed E-state index contributed by atoms with van der Waals surface area (Å²) in [5.74, 6) is -2.46. The van der Waals surface area contributed by atoms with E-state index in [1.54, 1.807) is 72.8 Å². The molecule has 0 heterocycles. The highest BCUT2D eigenvalue weighted by molar-refractivity contribution is 5.95. The third-order valence-corrected chi connectivity index (χ3v) is 4.97. The minimum absolute atomic E-state index is 0.271. The van der Waals surface area contributed by atoms with Crippen LogP contribution in [0.2, 0.25) is 0 Å². The van der Waals surface area contributed by atoms with Crippen molar-refractivity contribution in [1.82, 2.24) is 0 Å². The number of hydrogen-bond acceptors (Lipinski definition) is 8. The molecule has 2 amide bonds. The molecular formula is C30H26N4O6. The molecule has 0 aliphatic heterocycles. The molecule has 0 aromatic heterocycles. The molecule has 0 bridgehead atoms. The number of hydrogen-bond donors (Lipinski definition) is 0. The van der Waals surface area contributed by atoms with Crippen molar-refractivity contribution in [2.75, 3.05) is 23.0 Å². The summed E-state index contributed by atoms with van der Waals surface area (Å²) in [6, 6.07) is 21.0. The summed E-state index contributed by atoms with van der Waals surface area (Å²) in [5.41, 5.74) is 0.540. The molecule has 2 aromatic carbocycles. The Kier molecular flexibility index (Phi) is 12.3. The van der Waals surface area contributed by atoms with Gasteiger partial charge in [0.05, 0.1) is 0 Å². The van der Waals surface area contributed by atoms with Gasteiger partial charge in [-0.15, -0.1) is 0 Å². The molecule has 0 saturated heterocycles. The van der Waals surface area contributed by atoms with Gasteiger partial charge in [-0.1, -0.05) is 36.4 Å². The molecule has 0 saturated carbocycles. The molecule has 202 valence electrons. The van der Waals surface area contributed by atoms with Crippen LogP contribution in [-0.4, -0.2) is 37.0 Å². The van der Waals surface area contributed by atoms with Crippen LogP contribution < -0.4 is 9.80 Å². The van der Waals surface area contributed by atoms with Gasteiger partial charge in [-0.2, -0.15) is 10.5 Å². The molecule has 0 aliphatic carbocycles. The number of para-hydroxylation sites is 2. The molecule has 0 fully saturated rings. The first-order valence-electron chi connectivity index (χ1n) is 11.9. The van der Waals surface area contributed by atoms with E-state index >= 15 is 0 Å². The smallest absolute Gasteiger partial charge is 0.349 e. The lowest BCUT2D eigenvalue weighted by atomic mass is 10.2. The van der Waals surface area contributed by atoms with Crippen LogP contribution in [0.4, 0.5) is 11.4 Å². The van der Waals surface area contributed by atoms with E-state index in [0.29, 0.717) is 11.4 Å². The fourth-order valence-electron chi connectivity index (χ4n) is 3.10. The number of esters is 2. The summed E-state index contributed by atoms with van der Waals surface area (Å²) in [6.07, 6.45) is 7.91. The number of amides is 2. The highest BCUT2D eigenvalue weighted by Crippen LogP contribution is 2.15. The Morgan fingerprint density at radius 2 is 1.02 bits per heavy atom. The maximum atomic E-state index is 12.2. The van der Waals surface area contributed by atoms with Gasteiger partial charge >= 0.3 is 11.9 Å². The Morgan fingerprint density at radius 3 is 1.32 bits per heavy atom. The van der Waals surface area contributed by atoms with E-state index in [9.17, 15) is 29.7 Å². The summed E-state index contributed by atoms with van der Waals surface area (Å²) in [4.78, 5) is 50.9. The fourth-order valence-corrected chi connectivity index (χ4v) is 3.10. The molecular weight excluding hydrogens is 512 g/mol. The number of allylic oxidation sites excluding steroid dienone is 4. The van der Waals surface area contributed by atoms with E-state index in [4.69, 9.17) is 9.47 Å². The predicted octanol–water partition coefficient (Wildman–Crippen LogP) is 4.11. The summed E-state index contributed by atoms with van der Waals surface area (Å²) in [7, 11) is 0. The number of rotatable bonds is 11. The van der Waals surface area contributed by atoms with Crippen LogP contribution in [0.25, 0.3) is 0 Å². The maximum absolute atomic E-state index is 12.2. The molecule has 0 N–H and O–H groups in total. The van der Waals surface area contributed by atoms with Crippen molar-refractivity contribution in [3.8, 4) is 12.1 Å². The van der Waals surface area contributed by atoms with Gasteiger partial charge in [0, 0.05) is 37.6 Å². The van der Waals surface area contributed by atoms with Crippen molar-refractivity contribution >= 4 is 35.1 Å². The SMILES string of the molecule is CC(=O)N(C=CC=C(C#N)C(=O)OCCOC(=O)C(C#N)=CC=CN(C(C)=O)c1ccccc1)c1ccccc1. The van der Waals surface area contributed by atoms with Gasteiger partial charge in [-0.05, 0) is 48.6 Å². The Bertz CT molecular complexity index is 1300. The topological polar surface area (TPSA) is 141 Å². The minimum Gasteiger partial charge on any atom is -0.458 e. The lowest BCUT2D eigenvalue weighted by molar-refractivity contribution is -0.146. The van der Waals surface area contributed by atoms with Crippen molar-refractivity contribution in [2.45, 2.75) is 13.8 Å². The molecule has 2 aromatic rings. The van der Waals surface area contributed by atoms with Crippen LogP contribution in [0, 0.1) is 22.7 Å². The van der Waals surface area contributed by atoms with Crippen LogP contribution in [0.1, 0.15) is 13.8 Å². The average molecular weight is 539 g/mol. The maximum Gasteiger partial charge on any atom is 0.349 e. The second-order valence-corrected chi connectivity index (χ2v) is 7.79. The molecule has 0 atom stereocenters. The van der Waals surface area contributed by atoms with Crippen molar-refractivity contribution in [2.24, 2.45) is 0 Å². The van der Waals surface area contributed by atoms with Crippen LogP contribution in [-0.2, 0) is 28.7 Å². The molecule has 0 unspecified atom stereocenters. The zero-order chi connectivity index (χ0) is 29.3. The Hall–Kier alpha value is -5.74. The monoisotopic (exact) mass is 538 g/mol. The standard InChI is InChI=1S/C30H26N4O6/c1-23(35)33(27-13-5-3-6-14-27)17-9-11-25(21-31)29(37)39-19-20-40-30(38)26(22-32)12-10-18-34(24(2)36)28-15-7-4-8-16-28/h3-18H,19-20H2,1-2H3. The number of nitriles is 2. The summed E-state index contributed by atoms with van der Waals surface area (Å²) < 4.78 is 9.91. The van der Waals surface area contributed by atoms with Gasteiger partial charge in [0.25, 0.3) is 0 Å². The first kappa shape index (κ1) is 30.5. The van der Waals surface area contributed by atoms with Crippen LogP contribution >= 0.6 is 0 Å². The molecule has 40 heavy (non-hydrogen) atoms. The van der Waals surface area contributed by atoms with E-state index in [1.165, 1.54) is 60.4 Å². The number of benzene rings is 2. The second-order valence-electron chi connectivity index (χ2n) is 7.79. The van der Waals surface area contributed by atoms with Crippen LogP contribution in [0.15, 0.2) is 109 Å². The average Bonchev–Trinajstić information content (AvgIpc) is 2.95.